The predicted molar refractivity (Wildman–Crippen MR) is 88.1 cm³/mol. The number of para-hydroxylation sites is 1. The van der Waals surface area contributed by atoms with Crippen molar-refractivity contribution in [2.24, 2.45) is 0 Å². The smallest absolute Gasteiger partial charge is 0.265 e. The van der Waals surface area contributed by atoms with Crippen LogP contribution in [0, 0.1) is 24.9 Å². The zero-order valence-corrected chi connectivity index (χ0v) is 13.6. The molecule has 1 aromatic carbocycles. The molecule has 0 fully saturated rings. The Hall–Kier alpha value is -2.40. The first-order valence-corrected chi connectivity index (χ1v) is 7.34. The number of benzene rings is 1. The second-order valence-electron chi connectivity index (χ2n) is 5.06. The maximum atomic E-state index is 14.7. The van der Waals surface area contributed by atoms with Crippen LogP contribution in [0.5, 0.6) is 0 Å². The zero-order chi connectivity index (χ0) is 17.1. The fraction of sp³-hybridized carbons (Fsp3) is 0.176. The van der Waals surface area contributed by atoms with Gasteiger partial charge in [0.25, 0.3) is 5.91 Å². The van der Waals surface area contributed by atoms with E-state index in [1.807, 2.05) is 0 Å². The second-order valence-corrected chi connectivity index (χ2v) is 5.47. The predicted octanol–water partition coefficient (Wildman–Crippen LogP) is 3.71. The molecule has 0 saturated heterocycles. The lowest BCUT2D eigenvalue weighted by Gasteiger charge is -2.14. The zero-order valence-electron chi connectivity index (χ0n) is 12.8. The van der Waals surface area contributed by atoms with Crippen molar-refractivity contribution in [2.45, 2.75) is 20.3 Å². The first-order chi connectivity index (χ1) is 10.9. The fourth-order valence-corrected chi connectivity index (χ4v) is 2.52. The standard InChI is InChI=1S/C17H16ClFN2O2/c1-4-7-12-10(2)21(23)11(3)15(16(12)19)17(22)20-14-9-6-5-8-13(14)18/h4-6,8-9H,1,7H2,2-3H3,(H,20,22). The molecule has 0 radical (unpaired) electrons. The Morgan fingerprint density at radius 2 is 2.04 bits per heavy atom. The lowest BCUT2D eigenvalue weighted by Crippen LogP contribution is -2.39. The van der Waals surface area contributed by atoms with Gasteiger partial charge in [-0.05, 0) is 18.6 Å². The summed E-state index contributed by atoms with van der Waals surface area (Å²) in [5.74, 6) is -1.43. The van der Waals surface area contributed by atoms with Gasteiger partial charge in [0, 0.05) is 13.8 Å². The molecule has 2 rings (SSSR count). The number of halogens is 2. The molecule has 6 heteroatoms. The van der Waals surface area contributed by atoms with Crippen LogP contribution in [0.3, 0.4) is 0 Å². The minimum Gasteiger partial charge on any atom is -0.618 e. The van der Waals surface area contributed by atoms with Crippen molar-refractivity contribution in [3.05, 3.63) is 75.5 Å². The van der Waals surface area contributed by atoms with Crippen LogP contribution in [0.25, 0.3) is 0 Å². The Bertz CT molecular complexity index is 791. The van der Waals surface area contributed by atoms with Crippen LogP contribution in [0.15, 0.2) is 36.9 Å². The number of aromatic nitrogens is 1. The van der Waals surface area contributed by atoms with Gasteiger partial charge in [-0.25, -0.2) is 4.39 Å². The molecule has 0 aliphatic carbocycles. The molecule has 0 spiro atoms. The molecular weight excluding hydrogens is 319 g/mol. The van der Waals surface area contributed by atoms with Crippen molar-refractivity contribution >= 4 is 23.2 Å². The van der Waals surface area contributed by atoms with Gasteiger partial charge >= 0.3 is 0 Å². The molecule has 23 heavy (non-hydrogen) atoms. The molecule has 0 aliphatic heterocycles. The molecule has 4 nitrogen and oxygen atoms in total. The van der Waals surface area contributed by atoms with Gasteiger partial charge < -0.3 is 10.5 Å². The third-order valence-corrected chi connectivity index (χ3v) is 3.92. The normalized spacial score (nSPS) is 10.4. The van der Waals surface area contributed by atoms with Crippen molar-refractivity contribution in [1.29, 1.82) is 0 Å². The summed E-state index contributed by atoms with van der Waals surface area (Å²) < 4.78 is 15.3. The summed E-state index contributed by atoms with van der Waals surface area (Å²) in [4.78, 5) is 12.4. The lowest BCUT2D eigenvalue weighted by atomic mass is 10.0. The maximum absolute atomic E-state index is 14.7. The van der Waals surface area contributed by atoms with Gasteiger partial charge in [-0.1, -0.05) is 29.8 Å². The number of rotatable bonds is 4. The molecule has 1 N–H and O–H groups in total. The molecule has 1 amide bonds. The van der Waals surface area contributed by atoms with Crippen LogP contribution < -0.4 is 10.0 Å². The van der Waals surface area contributed by atoms with E-state index in [9.17, 15) is 14.4 Å². The second kappa shape index (κ2) is 6.79. The maximum Gasteiger partial charge on any atom is 0.265 e. The number of amides is 1. The first-order valence-electron chi connectivity index (χ1n) is 6.96. The van der Waals surface area contributed by atoms with E-state index in [0.29, 0.717) is 15.4 Å². The Balaban J connectivity index is 2.52. The van der Waals surface area contributed by atoms with Gasteiger partial charge in [-0.3, -0.25) is 4.79 Å². The number of hydrogen-bond donors (Lipinski definition) is 1. The minimum atomic E-state index is -0.719. The van der Waals surface area contributed by atoms with E-state index in [1.54, 1.807) is 24.3 Å². The van der Waals surface area contributed by atoms with E-state index in [0.717, 1.165) is 0 Å². The highest BCUT2D eigenvalue weighted by Crippen LogP contribution is 2.23. The summed E-state index contributed by atoms with van der Waals surface area (Å²) in [6.45, 7) is 6.46. The number of hydrogen-bond acceptors (Lipinski definition) is 2. The van der Waals surface area contributed by atoms with Gasteiger partial charge in [0.05, 0.1) is 16.3 Å². The summed E-state index contributed by atoms with van der Waals surface area (Å²) in [6, 6.07) is 6.60. The van der Waals surface area contributed by atoms with Crippen LogP contribution in [0.1, 0.15) is 27.3 Å². The quantitative estimate of drug-likeness (QED) is 0.526. The summed E-state index contributed by atoms with van der Waals surface area (Å²) in [5.41, 5.74) is 0.431. The average Bonchev–Trinajstić information content (AvgIpc) is 2.52. The van der Waals surface area contributed by atoms with Gasteiger partial charge in [-0.15, -0.1) is 6.58 Å². The van der Waals surface area contributed by atoms with Crippen molar-refractivity contribution < 1.29 is 13.9 Å². The molecule has 0 aliphatic rings. The van der Waals surface area contributed by atoms with Gasteiger partial charge in [-0.2, -0.15) is 4.73 Å². The van der Waals surface area contributed by atoms with Crippen LogP contribution in [0.4, 0.5) is 10.1 Å². The van der Waals surface area contributed by atoms with Crippen LogP contribution in [-0.2, 0) is 6.42 Å². The van der Waals surface area contributed by atoms with Crippen LogP contribution >= 0.6 is 11.6 Å². The Morgan fingerprint density at radius 3 is 2.65 bits per heavy atom. The minimum absolute atomic E-state index is 0.00244. The molecule has 120 valence electrons. The van der Waals surface area contributed by atoms with Gasteiger partial charge in [0.15, 0.2) is 11.5 Å². The van der Waals surface area contributed by atoms with Crippen LogP contribution in [-0.4, -0.2) is 5.91 Å². The van der Waals surface area contributed by atoms with Crippen molar-refractivity contribution in [3.63, 3.8) is 0 Å². The molecular formula is C17H16ClFN2O2. The highest BCUT2D eigenvalue weighted by molar-refractivity contribution is 6.33. The molecule has 0 bridgehead atoms. The molecule has 1 heterocycles. The summed E-state index contributed by atoms with van der Waals surface area (Å²) in [7, 11) is 0. The topological polar surface area (TPSA) is 56.0 Å². The number of nitrogens with one attached hydrogen (secondary N) is 1. The number of carbonyl (C=O) groups excluding carboxylic acids is 1. The molecule has 0 unspecified atom stereocenters. The Morgan fingerprint density at radius 1 is 1.39 bits per heavy atom. The van der Waals surface area contributed by atoms with E-state index in [4.69, 9.17) is 11.6 Å². The van der Waals surface area contributed by atoms with Gasteiger partial charge in [0.2, 0.25) is 5.69 Å². The lowest BCUT2D eigenvalue weighted by molar-refractivity contribution is -0.620. The number of anilines is 1. The molecule has 0 saturated carbocycles. The first kappa shape index (κ1) is 17.0. The third kappa shape index (κ3) is 3.19. The summed E-state index contributed by atoms with van der Waals surface area (Å²) in [6.07, 6.45) is 1.64. The fourth-order valence-electron chi connectivity index (χ4n) is 2.34. The Labute approximate surface area is 138 Å². The third-order valence-electron chi connectivity index (χ3n) is 3.59. The number of nitrogens with zero attached hydrogens (tertiary/aromatic N) is 1. The monoisotopic (exact) mass is 334 g/mol. The summed E-state index contributed by atoms with van der Waals surface area (Å²) >= 11 is 5.98. The molecule has 2 aromatic rings. The largest absolute Gasteiger partial charge is 0.618 e. The van der Waals surface area contributed by atoms with Crippen molar-refractivity contribution in [2.75, 3.05) is 5.32 Å². The highest BCUT2D eigenvalue weighted by atomic mass is 35.5. The van der Waals surface area contributed by atoms with E-state index in [-0.39, 0.29) is 28.9 Å². The SMILES string of the molecule is C=CCc1c(F)c(C(=O)Nc2ccccc2Cl)c(C)[n+]([O-])c1C. The van der Waals surface area contributed by atoms with E-state index >= 15 is 0 Å². The van der Waals surface area contributed by atoms with Crippen molar-refractivity contribution in [1.82, 2.24) is 0 Å². The van der Waals surface area contributed by atoms with E-state index in [1.165, 1.54) is 19.9 Å². The molecule has 1 aromatic heterocycles. The number of pyridine rings is 1. The molecule has 0 atom stereocenters. The summed E-state index contributed by atoms with van der Waals surface area (Å²) in [5, 5.41) is 15.0. The number of allylic oxidation sites excluding steroid dienone is 1. The van der Waals surface area contributed by atoms with Crippen LogP contribution in [0.2, 0.25) is 5.02 Å². The van der Waals surface area contributed by atoms with Gasteiger partial charge in [0.1, 0.15) is 5.56 Å². The number of carbonyl (C=O) groups is 1. The average molecular weight is 335 g/mol. The Kier molecular flexibility index (Phi) is 5.01. The van der Waals surface area contributed by atoms with E-state index in [2.05, 4.69) is 11.9 Å². The van der Waals surface area contributed by atoms with E-state index < -0.39 is 11.7 Å². The highest BCUT2D eigenvalue weighted by Gasteiger charge is 2.27. The van der Waals surface area contributed by atoms with Crippen molar-refractivity contribution in [3.8, 4) is 0 Å².